The molecule has 0 bridgehead atoms. The lowest BCUT2D eigenvalue weighted by Crippen LogP contribution is -2.23. The minimum atomic E-state index is -0.805. The van der Waals surface area contributed by atoms with Crippen molar-refractivity contribution in [3.63, 3.8) is 0 Å². The van der Waals surface area contributed by atoms with E-state index in [1.54, 1.807) is 0 Å². The van der Waals surface area contributed by atoms with Gasteiger partial charge in [-0.15, -0.1) is 0 Å². The molecule has 0 saturated carbocycles. The SMILES string of the molecule is OC[C@@H](O)CNc1cc(-c2ccc(Cl)cc2)nc2ccccc12. The molecule has 3 N–H and O–H groups in total. The number of nitrogens with one attached hydrogen (secondary N) is 1. The molecule has 4 nitrogen and oxygen atoms in total. The zero-order valence-corrected chi connectivity index (χ0v) is 13.2. The Morgan fingerprint density at radius 1 is 1.09 bits per heavy atom. The summed E-state index contributed by atoms with van der Waals surface area (Å²) in [6.07, 6.45) is -0.805. The molecule has 1 heterocycles. The Balaban J connectivity index is 2.04. The maximum absolute atomic E-state index is 9.57. The second kappa shape index (κ2) is 6.96. The van der Waals surface area contributed by atoms with Crippen molar-refractivity contribution in [1.82, 2.24) is 4.98 Å². The first-order valence-corrected chi connectivity index (χ1v) is 7.73. The Morgan fingerprint density at radius 3 is 2.57 bits per heavy atom. The van der Waals surface area contributed by atoms with E-state index in [4.69, 9.17) is 16.7 Å². The van der Waals surface area contributed by atoms with Crippen LogP contribution in [0, 0.1) is 0 Å². The fourth-order valence-corrected chi connectivity index (χ4v) is 2.51. The van der Waals surface area contributed by atoms with Gasteiger partial charge in [0.05, 0.1) is 23.9 Å². The molecule has 3 aromatic rings. The molecule has 0 amide bonds. The van der Waals surface area contributed by atoms with E-state index in [0.717, 1.165) is 27.8 Å². The van der Waals surface area contributed by atoms with E-state index in [0.29, 0.717) is 5.02 Å². The maximum atomic E-state index is 9.57. The summed E-state index contributed by atoms with van der Waals surface area (Å²) in [5, 5.41) is 23.4. The molecule has 1 aromatic heterocycles. The molecule has 0 aliphatic heterocycles. The summed E-state index contributed by atoms with van der Waals surface area (Å²) in [4.78, 5) is 4.69. The Hall–Kier alpha value is -2.14. The molecule has 0 radical (unpaired) electrons. The average Bonchev–Trinajstić information content (AvgIpc) is 2.59. The molecular weight excluding hydrogens is 312 g/mol. The van der Waals surface area contributed by atoms with Crippen LogP contribution in [-0.2, 0) is 0 Å². The number of fused-ring (bicyclic) bond motifs is 1. The van der Waals surface area contributed by atoms with Crippen molar-refractivity contribution in [1.29, 1.82) is 0 Å². The lowest BCUT2D eigenvalue weighted by molar-refractivity contribution is 0.105. The number of para-hydroxylation sites is 1. The second-order valence-corrected chi connectivity index (χ2v) is 5.73. The lowest BCUT2D eigenvalue weighted by atomic mass is 10.1. The normalized spacial score (nSPS) is 12.3. The van der Waals surface area contributed by atoms with E-state index >= 15 is 0 Å². The molecule has 0 saturated heterocycles. The highest BCUT2D eigenvalue weighted by Gasteiger charge is 2.09. The third-order valence-electron chi connectivity index (χ3n) is 3.60. The van der Waals surface area contributed by atoms with Gasteiger partial charge in [0, 0.05) is 28.2 Å². The highest BCUT2D eigenvalue weighted by molar-refractivity contribution is 6.30. The van der Waals surface area contributed by atoms with Crippen molar-refractivity contribution < 1.29 is 10.2 Å². The van der Waals surface area contributed by atoms with E-state index in [1.807, 2.05) is 54.6 Å². The van der Waals surface area contributed by atoms with Crippen molar-refractivity contribution >= 4 is 28.2 Å². The first-order chi connectivity index (χ1) is 11.2. The topological polar surface area (TPSA) is 65.4 Å². The van der Waals surface area contributed by atoms with Gasteiger partial charge in [0.15, 0.2) is 0 Å². The van der Waals surface area contributed by atoms with E-state index in [2.05, 4.69) is 10.3 Å². The number of hydrogen-bond acceptors (Lipinski definition) is 4. The molecule has 3 rings (SSSR count). The number of aliphatic hydroxyl groups excluding tert-OH is 2. The summed E-state index contributed by atoms with van der Waals surface area (Å²) in [6.45, 7) is -0.00930. The molecule has 0 fully saturated rings. The van der Waals surface area contributed by atoms with Crippen molar-refractivity contribution in [2.24, 2.45) is 0 Å². The molecule has 23 heavy (non-hydrogen) atoms. The zero-order valence-electron chi connectivity index (χ0n) is 12.4. The molecule has 0 aliphatic carbocycles. The van der Waals surface area contributed by atoms with Crippen LogP contribution in [0.3, 0.4) is 0 Å². The van der Waals surface area contributed by atoms with E-state index < -0.39 is 6.10 Å². The summed E-state index contributed by atoms with van der Waals surface area (Å²) in [5.41, 5.74) is 3.52. The van der Waals surface area contributed by atoms with Crippen LogP contribution in [0.15, 0.2) is 54.6 Å². The van der Waals surface area contributed by atoms with Gasteiger partial charge in [0.2, 0.25) is 0 Å². The Kier molecular flexibility index (Phi) is 4.76. The van der Waals surface area contributed by atoms with Crippen LogP contribution >= 0.6 is 11.6 Å². The number of rotatable bonds is 5. The van der Waals surface area contributed by atoms with Crippen LogP contribution in [0.2, 0.25) is 5.02 Å². The van der Waals surface area contributed by atoms with Gasteiger partial charge >= 0.3 is 0 Å². The Morgan fingerprint density at radius 2 is 1.83 bits per heavy atom. The second-order valence-electron chi connectivity index (χ2n) is 5.30. The predicted molar refractivity (Wildman–Crippen MR) is 93.8 cm³/mol. The van der Waals surface area contributed by atoms with Gasteiger partial charge in [-0.25, -0.2) is 4.98 Å². The average molecular weight is 329 g/mol. The van der Waals surface area contributed by atoms with Crippen molar-refractivity contribution in [2.75, 3.05) is 18.5 Å². The molecule has 2 aromatic carbocycles. The van der Waals surface area contributed by atoms with Gasteiger partial charge in [-0.2, -0.15) is 0 Å². The summed E-state index contributed by atoms with van der Waals surface area (Å²) in [6, 6.07) is 17.2. The van der Waals surface area contributed by atoms with Gasteiger partial charge in [-0.05, 0) is 24.3 Å². The molecule has 118 valence electrons. The Labute approximate surface area is 139 Å². The highest BCUT2D eigenvalue weighted by atomic mass is 35.5. The monoisotopic (exact) mass is 328 g/mol. The molecule has 1 atom stereocenters. The number of aromatic nitrogens is 1. The molecular formula is C18H17ClN2O2. The third kappa shape index (κ3) is 3.62. The van der Waals surface area contributed by atoms with Crippen LogP contribution in [0.1, 0.15) is 0 Å². The van der Waals surface area contributed by atoms with Crippen molar-refractivity contribution in [2.45, 2.75) is 6.10 Å². The van der Waals surface area contributed by atoms with E-state index in [1.165, 1.54) is 0 Å². The van der Waals surface area contributed by atoms with E-state index in [-0.39, 0.29) is 13.2 Å². The van der Waals surface area contributed by atoms with Crippen LogP contribution in [-0.4, -0.2) is 34.5 Å². The Bertz CT molecular complexity index is 806. The van der Waals surface area contributed by atoms with Gasteiger partial charge < -0.3 is 15.5 Å². The number of nitrogens with zero attached hydrogens (tertiary/aromatic N) is 1. The number of aliphatic hydroxyl groups is 2. The summed E-state index contributed by atoms with van der Waals surface area (Å²) in [5.74, 6) is 0. The highest BCUT2D eigenvalue weighted by Crippen LogP contribution is 2.28. The number of hydrogen-bond donors (Lipinski definition) is 3. The van der Waals surface area contributed by atoms with Crippen LogP contribution in [0.5, 0.6) is 0 Å². The minimum absolute atomic E-state index is 0.268. The van der Waals surface area contributed by atoms with Gasteiger partial charge in [-0.3, -0.25) is 0 Å². The number of pyridine rings is 1. The van der Waals surface area contributed by atoms with E-state index in [9.17, 15) is 5.11 Å². The standard InChI is InChI=1S/C18H17ClN2O2/c19-13-7-5-12(6-8-13)17-9-18(20-10-14(23)11-22)15-3-1-2-4-16(15)21-17/h1-9,14,22-23H,10-11H2,(H,20,21)/t14-/m0/s1. The predicted octanol–water partition coefficient (Wildman–Crippen LogP) is 3.32. The largest absolute Gasteiger partial charge is 0.394 e. The first kappa shape index (κ1) is 15.7. The molecule has 5 heteroatoms. The van der Waals surface area contributed by atoms with Crippen LogP contribution < -0.4 is 5.32 Å². The molecule has 0 spiro atoms. The summed E-state index contributed by atoms with van der Waals surface area (Å²) >= 11 is 5.94. The van der Waals surface area contributed by atoms with Gasteiger partial charge in [-0.1, -0.05) is 41.9 Å². The smallest absolute Gasteiger partial charge is 0.0942 e. The quantitative estimate of drug-likeness (QED) is 0.672. The fourth-order valence-electron chi connectivity index (χ4n) is 2.38. The summed E-state index contributed by atoms with van der Waals surface area (Å²) < 4.78 is 0. The number of benzene rings is 2. The van der Waals surface area contributed by atoms with Crippen molar-refractivity contribution in [3.05, 3.63) is 59.6 Å². The lowest BCUT2D eigenvalue weighted by Gasteiger charge is -2.14. The van der Waals surface area contributed by atoms with Crippen LogP contribution in [0.25, 0.3) is 22.2 Å². The molecule has 0 unspecified atom stereocenters. The van der Waals surface area contributed by atoms with Gasteiger partial charge in [0.25, 0.3) is 0 Å². The van der Waals surface area contributed by atoms with Gasteiger partial charge in [0.1, 0.15) is 0 Å². The minimum Gasteiger partial charge on any atom is -0.394 e. The van der Waals surface area contributed by atoms with Crippen molar-refractivity contribution in [3.8, 4) is 11.3 Å². The number of halogens is 1. The molecule has 0 aliphatic rings. The maximum Gasteiger partial charge on any atom is 0.0942 e. The fraction of sp³-hybridized carbons (Fsp3) is 0.167. The first-order valence-electron chi connectivity index (χ1n) is 7.36. The third-order valence-corrected chi connectivity index (χ3v) is 3.85. The zero-order chi connectivity index (χ0) is 16.2. The van der Waals surface area contributed by atoms with Crippen LogP contribution in [0.4, 0.5) is 5.69 Å². The summed E-state index contributed by atoms with van der Waals surface area (Å²) in [7, 11) is 0. The number of anilines is 1.